The number of nitrogens with one attached hydrogen (secondary N) is 2. The van der Waals surface area contributed by atoms with Gasteiger partial charge in [-0.3, -0.25) is 4.79 Å². The molecule has 2 aromatic carbocycles. The second-order valence-electron chi connectivity index (χ2n) is 6.07. The molecular formula is C19H23N2O+. The molecule has 0 bridgehead atoms. The molecule has 22 heavy (non-hydrogen) atoms. The number of carbonyl (C=O) groups is 1. The number of quaternary nitrogens is 1. The highest BCUT2D eigenvalue weighted by molar-refractivity contribution is 5.77. The zero-order valence-electron chi connectivity index (χ0n) is 13.0. The van der Waals surface area contributed by atoms with E-state index in [0.29, 0.717) is 6.54 Å². The molecule has 0 fully saturated rings. The smallest absolute Gasteiger partial charge is 0.275 e. The maximum Gasteiger partial charge on any atom is 0.275 e. The predicted molar refractivity (Wildman–Crippen MR) is 87.5 cm³/mol. The maximum absolute atomic E-state index is 12.3. The molecule has 0 aromatic heterocycles. The summed E-state index contributed by atoms with van der Waals surface area (Å²) in [5.74, 6) is 0.130. The Morgan fingerprint density at radius 2 is 1.77 bits per heavy atom. The summed E-state index contributed by atoms with van der Waals surface area (Å²) in [6.07, 6.45) is 1.06. The number of fused-ring (bicyclic) bond motifs is 1. The summed E-state index contributed by atoms with van der Waals surface area (Å²) >= 11 is 0. The van der Waals surface area contributed by atoms with E-state index in [4.69, 9.17) is 0 Å². The second kappa shape index (κ2) is 6.75. The Kier molecular flexibility index (Phi) is 4.54. The van der Waals surface area contributed by atoms with E-state index in [1.165, 1.54) is 16.0 Å². The van der Waals surface area contributed by atoms with Crippen LogP contribution in [0.5, 0.6) is 0 Å². The minimum Gasteiger partial charge on any atom is -0.345 e. The lowest BCUT2D eigenvalue weighted by molar-refractivity contribution is -0.908. The highest BCUT2D eigenvalue weighted by Gasteiger charge is 2.22. The van der Waals surface area contributed by atoms with Crippen LogP contribution in [0.25, 0.3) is 0 Å². The maximum atomic E-state index is 12.3. The minimum atomic E-state index is 0.0603. The fraction of sp³-hybridized carbons (Fsp3) is 0.316. The molecule has 0 saturated carbocycles. The van der Waals surface area contributed by atoms with Crippen molar-refractivity contribution in [2.75, 3.05) is 13.1 Å². The van der Waals surface area contributed by atoms with Crippen molar-refractivity contribution < 1.29 is 9.69 Å². The third-order valence-corrected chi connectivity index (χ3v) is 4.39. The number of hydrogen-bond donors (Lipinski definition) is 2. The van der Waals surface area contributed by atoms with Gasteiger partial charge in [0.15, 0.2) is 6.54 Å². The first kappa shape index (κ1) is 14.8. The molecule has 3 rings (SSSR count). The van der Waals surface area contributed by atoms with Crippen LogP contribution in [0.4, 0.5) is 0 Å². The van der Waals surface area contributed by atoms with E-state index in [-0.39, 0.29) is 11.9 Å². The van der Waals surface area contributed by atoms with Gasteiger partial charge >= 0.3 is 0 Å². The molecule has 0 saturated heterocycles. The van der Waals surface area contributed by atoms with Crippen molar-refractivity contribution in [1.82, 2.24) is 5.32 Å². The number of hydrogen-bond acceptors (Lipinski definition) is 1. The van der Waals surface area contributed by atoms with Gasteiger partial charge in [-0.1, -0.05) is 54.6 Å². The molecule has 114 valence electrons. The highest BCUT2D eigenvalue weighted by atomic mass is 16.2. The zero-order valence-corrected chi connectivity index (χ0v) is 13.0. The van der Waals surface area contributed by atoms with Gasteiger partial charge in [0.05, 0.1) is 12.6 Å². The Hall–Kier alpha value is -2.13. The summed E-state index contributed by atoms with van der Waals surface area (Å²) in [5.41, 5.74) is 3.96. The lowest BCUT2D eigenvalue weighted by Gasteiger charge is -2.26. The first-order valence-electron chi connectivity index (χ1n) is 7.97. The predicted octanol–water partition coefficient (Wildman–Crippen LogP) is 1.51. The van der Waals surface area contributed by atoms with Crippen LogP contribution in [-0.2, 0) is 17.8 Å². The van der Waals surface area contributed by atoms with Crippen LogP contribution in [-0.4, -0.2) is 19.0 Å². The summed E-state index contributed by atoms with van der Waals surface area (Å²) in [6, 6.07) is 18.7. The summed E-state index contributed by atoms with van der Waals surface area (Å²) < 4.78 is 0. The molecule has 2 N–H and O–H groups in total. The molecule has 3 nitrogen and oxygen atoms in total. The van der Waals surface area contributed by atoms with Crippen molar-refractivity contribution in [3.63, 3.8) is 0 Å². The fourth-order valence-electron chi connectivity index (χ4n) is 3.14. The third kappa shape index (κ3) is 3.55. The average molecular weight is 295 g/mol. The molecule has 1 unspecified atom stereocenters. The normalized spacial score (nSPS) is 18.3. The number of amides is 1. The Balaban J connectivity index is 1.55. The van der Waals surface area contributed by atoms with Crippen molar-refractivity contribution in [1.29, 1.82) is 0 Å². The Morgan fingerprint density at radius 1 is 1.09 bits per heavy atom. The van der Waals surface area contributed by atoms with Gasteiger partial charge in [-0.15, -0.1) is 0 Å². The minimum absolute atomic E-state index is 0.0603. The molecule has 1 aliphatic rings. The van der Waals surface area contributed by atoms with Crippen molar-refractivity contribution >= 4 is 5.91 Å². The van der Waals surface area contributed by atoms with Crippen LogP contribution in [0.2, 0.25) is 0 Å². The topological polar surface area (TPSA) is 33.5 Å². The van der Waals surface area contributed by atoms with E-state index in [1.54, 1.807) is 0 Å². The molecule has 2 aromatic rings. The quantitative estimate of drug-likeness (QED) is 0.881. The van der Waals surface area contributed by atoms with Gasteiger partial charge in [0.1, 0.15) is 6.54 Å². The van der Waals surface area contributed by atoms with E-state index in [9.17, 15) is 4.79 Å². The van der Waals surface area contributed by atoms with Gasteiger partial charge in [0.25, 0.3) is 5.91 Å². The molecular weight excluding hydrogens is 272 g/mol. The fourth-order valence-corrected chi connectivity index (χ4v) is 3.14. The summed E-state index contributed by atoms with van der Waals surface area (Å²) in [6.45, 7) is 4.56. The van der Waals surface area contributed by atoms with Gasteiger partial charge < -0.3 is 10.2 Å². The molecule has 0 radical (unpaired) electrons. The average Bonchev–Trinajstić information content (AvgIpc) is 2.55. The van der Waals surface area contributed by atoms with E-state index in [2.05, 4.69) is 41.7 Å². The number of benzene rings is 2. The van der Waals surface area contributed by atoms with Gasteiger partial charge in [0, 0.05) is 12.0 Å². The van der Waals surface area contributed by atoms with Gasteiger partial charge in [-0.05, 0) is 18.1 Å². The van der Waals surface area contributed by atoms with Gasteiger partial charge in [-0.2, -0.15) is 0 Å². The Morgan fingerprint density at radius 3 is 2.55 bits per heavy atom. The highest BCUT2D eigenvalue weighted by Crippen LogP contribution is 2.11. The first-order valence-corrected chi connectivity index (χ1v) is 7.97. The van der Waals surface area contributed by atoms with Crippen LogP contribution < -0.4 is 10.2 Å². The molecule has 1 amide bonds. The van der Waals surface area contributed by atoms with E-state index >= 15 is 0 Å². The molecule has 1 heterocycles. The molecule has 1 aliphatic heterocycles. The Bertz CT molecular complexity index is 639. The molecule has 2 atom stereocenters. The third-order valence-electron chi connectivity index (χ3n) is 4.39. The summed E-state index contributed by atoms with van der Waals surface area (Å²) in [4.78, 5) is 13.6. The van der Waals surface area contributed by atoms with Crippen LogP contribution in [0.1, 0.15) is 29.7 Å². The molecule has 0 aliphatic carbocycles. The van der Waals surface area contributed by atoms with Gasteiger partial charge in [0.2, 0.25) is 0 Å². The van der Waals surface area contributed by atoms with Crippen LogP contribution >= 0.6 is 0 Å². The monoisotopic (exact) mass is 295 g/mol. The largest absolute Gasteiger partial charge is 0.345 e. The summed E-state index contributed by atoms with van der Waals surface area (Å²) in [5, 5.41) is 3.11. The molecule has 0 spiro atoms. The summed E-state index contributed by atoms with van der Waals surface area (Å²) in [7, 11) is 0. The SMILES string of the molecule is C[C@@H](NC(=O)C[NH+]1CCc2ccccc2C1)c1ccccc1. The van der Waals surface area contributed by atoms with E-state index < -0.39 is 0 Å². The Labute approximate surface area is 132 Å². The van der Waals surface area contributed by atoms with Crippen molar-refractivity contribution in [2.24, 2.45) is 0 Å². The standard InChI is InChI=1S/C19H22N2O/c1-15(16-7-3-2-4-8-16)20-19(22)14-21-12-11-17-9-5-6-10-18(17)13-21/h2-10,15H,11-14H2,1H3,(H,20,22)/p+1/t15-/m1/s1. The number of rotatable bonds is 4. The van der Waals surface area contributed by atoms with Crippen molar-refractivity contribution in [3.8, 4) is 0 Å². The second-order valence-corrected chi connectivity index (χ2v) is 6.07. The number of carbonyl (C=O) groups excluding carboxylic acids is 1. The van der Waals surface area contributed by atoms with Crippen LogP contribution in [0.15, 0.2) is 54.6 Å². The lowest BCUT2D eigenvalue weighted by atomic mass is 10.00. The lowest BCUT2D eigenvalue weighted by Crippen LogP contribution is -3.12. The van der Waals surface area contributed by atoms with Gasteiger partial charge in [-0.25, -0.2) is 0 Å². The van der Waals surface area contributed by atoms with Crippen molar-refractivity contribution in [2.45, 2.75) is 25.9 Å². The van der Waals surface area contributed by atoms with Crippen LogP contribution in [0, 0.1) is 0 Å². The van der Waals surface area contributed by atoms with E-state index in [1.807, 2.05) is 25.1 Å². The van der Waals surface area contributed by atoms with Crippen LogP contribution in [0.3, 0.4) is 0 Å². The molecule has 3 heteroatoms. The van der Waals surface area contributed by atoms with E-state index in [0.717, 1.165) is 25.1 Å². The first-order chi connectivity index (χ1) is 10.7. The zero-order chi connectivity index (χ0) is 15.4. The van der Waals surface area contributed by atoms with Crippen molar-refractivity contribution in [3.05, 3.63) is 71.3 Å².